The lowest BCUT2D eigenvalue weighted by Crippen LogP contribution is -2.16. The van der Waals surface area contributed by atoms with Crippen molar-refractivity contribution >= 4 is 5.65 Å². The molecule has 2 rings (SSSR count). The Balaban J connectivity index is 2.25. The van der Waals surface area contributed by atoms with Gasteiger partial charge in [-0.25, -0.2) is 9.50 Å². The third kappa shape index (κ3) is 2.82. The first kappa shape index (κ1) is 12.0. The fourth-order valence-corrected chi connectivity index (χ4v) is 2.15. The average molecular weight is 233 g/mol. The van der Waals surface area contributed by atoms with Gasteiger partial charge in [-0.1, -0.05) is 13.8 Å². The average Bonchev–Trinajstić information content (AvgIpc) is 2.63. The molecule has 0 amide bonds. The molecular weight excluding hydrogens is 214 g/mol. The Bertz CT molecular complexity index is 504. The minimum Gasteiger partial charge on any atom is -0.393 e. The monoisotopic (exact) mass is 233 g/mol. The van der Waals surface area contributed by atoms with Crippen LogP contribution in [-0.4, -0.2) is 25.8 Å². The van der Waals surface area contributed by atoms with Gasteiger partial charge in [0.2, 0.25) is 0 Å². The third-order valence-electron chi connectivity index (χ3n) is 2.79. The van der Waals surface area contributed by atoms with Crippen LogP contribution in [0.5, 0.6) is 0 Å². The predicted molar refractivity (Wildman–Crippen MR) is 66.9 cm³/mol. The van der Waals surface area contributed by atoms with E-state index in [4.69, 9.17) is 0 Å². The molecule has 0 saturated carbocycles. The van der Waals surface area contributed by atoms with Crippen LogP contribution in [0.15, 0.2) is 18.5 Å². The van der Waals surface area contributed by atoms with Gasteiger partial charge in [-0.05, 0) is 37.0 Å². The van der Waals surface area contributed by atoms with Gasteiger partial charge in [-0.3, -0.25) is 0 Å². The number of aromatic nitrogens is 3. The van der Waals surface area contributed by atoms with Crippen LogP contribution in [0.4, 0.5) is 0 Å². The summed E-state index contributed by atoms with van der Waals surface area (Å²) >= 11 is 0. The lowest BCUT2D eigenvalue weighted by Gasteiger charge is -2.14. The van der Waals surface area contributed by atoms with Crippen molar-refractivity contribution in [2.24, 2.45) is 5.92 Å². The second-order valence-electron chi connectivity index (χ2n) is 5.04. The zero-order chi connectivity index (χ0) is 12.4. The Morgan fingerprint density at radius 2 is 2.12 bits per heavy atom. The van der Waals surface area contributed by atoms with Crippen LogP contribution in [0.2, 0.25) is 0 Å². The number of fused-ring (bicyclic) bond motifs is 1. The first-order valence-corrected chi connectivity index (χ1v) is 6.03. The lowest BCUT2D eigenvalue weighted by molar-refractivity contribution is 0.147. The zero-order valence-electron chi connectivity index (χ0n) is 10.6. The fraction of sp³-hybridized carbons (Fsp3) is 0.538. The van der Waals surface area contributed by atoms with Gasteiger partial charge in [0.15, 0.2) is 5.65 Å². The van der Waals surface area contributed by atoms with Crippen LogP contribution in [0, 0.1) is 12.8 Å². The van der Waals surface area contributed by atoms with Crippen LogP contribution in [0.25, 0.3) is 5.65 Å². The van der Waals surface area contributed by atoms with Gasteiger partial charge in [-0.2, -0.15) is 5.10 Å². The summed E-state index contributed by atoms with van der Waals surface area (Å²) in [4.78, 5) is 4.18. The summed E-state index contributed by atoms with van der Waals surface area (Å²) in [5.41, 5.74) is 3.01. The molecule has 0 bridgehead atoms. The molecule has 0 saturated heterocycles. The van der Waals surface area contributed by atoms with Crippen molar-refractivity contribution in [3.8, 4) is 0 Å². The van der Waals surface area contributed by atoms with Gasteiger partial charge in [0.25, 0.3) is 0 Å². The normalized spacial score (nSPS) is 13.5. The van der Waals surface area contributed by atoms with Crippen molar-refractivity contribution < 1.29 is 5.11 Å². The summed E-state index contributed by atoms with van der Waals surface area (Å²) in [7, 11) is 0. The molecule has 0 fully saturated rings. The standard InChI is InChI=1S/C13H19N3O/c1-9(2)4-12(17)7-11-5-10(3)6-13-14-8-15-16(11)13/h5-6,8-9,12,17H,4,7H2,1-3H3. The number of hydrogen-bond acceptors (Lipinski definition) is 3. The van der Waals surface area contributed by atoms with E-state index in [0.717, 1.165) is 23.3 Å². The largest absolute Gasteiger partial charge is 0.393 e. The fourth-order valence-electron chi connectivity index (χ4n) is 2.15. The van der Waals surface area contributed by atoms with Crippen LogP contribution >= 0.6 is 0 Å². The maximum atomic E-state index is 10.00. The number of hydrogen-bond donors (Lipinski definition) is 1. The topological polar surface area (TPSA) is 50.4 Å². The summed E-state index contributed by atoms with van der Waals surface area (Å²) in [6.45, 7) is 6.27. The van der Waals surface area contributed by atoms with E-state index in [1.807, 2.05) is 13.0 Å². The summed E-state index contributed by atoms with van der Waals surface area (Å²) in [5, 5.41) is 14.2. The van der Waals surface area contributed by atoms with Gasteiger partial charge < -0.3 is 5.11 Å². The van der Waals surface area contributed by atoms with Crippen molar-refractivity contribution in [1.82, 2.24) is 14.6 Å². The quantitative estimate of drug-likeness (QED) is 0.878. The second kappa shape index (κ2) is 4.84. The second-order valence-corrected chi connectivity index (χ2v) is 5.04. The molecule has 1 unspecified atom stereocenters. The Labute approximate surface area is 101 Å². The van der Waals surface area contributed by atoms with E-state index in [1.165, 1.54) is 0 Å². The zero-order valence-corrected chi connectivity index (χ0v) is 10.6. The SMILES string of the molecule is Cc1cc(CC(O)CC(C)C)n2ncnc2c1. The van der Waals surface area contributed by atoms with E-state index in [-0.39, 0.29) is 6.10 Å². The molecule has 2 aromatic heterocycles. The number of aliphatic hydroxyl groups excluding tert-OH is 1. The lowest BCUT2D eigenvalue weighted by atomic mass is 10.0. The van der Waals surface area contributed by atoms with Crippen molar-refractivity contribution in [2.45, 2.75) is 39.7 Å². The number of pyridine rings is 1. The van der Waals surface area contributed by atoms with Crippen LogP contribution in [0.3, 0.4) is 0 Å². The first-order valence-electron chi connectivity index (χ1n) is 6.03. The van der Waals surface area contributed by atoms with E-state index < -0.39 is 0 Å². The molecule has 0 aliphatic carbocycles. The molecule has 0 radical (unpaired) electrons. The van der Waals surface area contributed by atoms with Crippen LogP contribution in [-0.2, 0) is 6.42 Å². The molecule has 17 heavy (non-hydrogen) atoms. The third-order valence-corrected chi connectivity index (χ3v) is 2.79. The van der Waals surface area contributed by atoms with Crippen molar-refractivity contribution in [2.75, 3.05) is 0 Å². The van der Waals surface area contributed by atoms with Gasteiger partial charge >= 0.3 is 0 Å². The minimum atomic E-state index is -0.316. The Morgan fingerprint density at radius 1 is 1.35 bits per heavy atom. The molecule has 0 aliphatic rings. The molecule has 0 spiro atoms. The molecule has 0 aliphatic heterocycles. The maximum absolute atomic E-state index is 10.00. The van der Waals surface area contributed by atoms with Crippen LogP contribution < -0.4 is 0 Å². The molecule has 2 heterocycles. The molecule has 1 N–H and O–H groups in total. The molecule has 0 aromatic carbocycles. The molecule has 4 heteroatoms. The molecular formula is C13H19N3O. The Hall–Kier alpha value is -1.42. The minimum absolute atomic E-state index is 0.316. The number of nitrogens with zero attached hydrogens (tertiary/aromatic N) is 3. The van der Waals surface area contributed by atoms with E-state index >= 15 is 0 Å². The number of rotatable bonds is 4. The van der Waals surface area contributed by atoms with Gasteiger partial charge in [0.05, 0.1) is 6.10 Å². The first-order chi connectivity index (χ1) is 8.06. The van der Waals surface area contributed by atoms with E-state index in [0.29, 0.717) is 12.3 Å². The van der Waals surface area contributed by atoms with Crippen molar-refractivity contribution in [3.63, 3.8) is 0 Å². The number of aliphatic hydroxyl groups is 1. The number of aryl methyl sites for hydroxylation is 1. The molecule has 92 valence electrons. The van der Waals surface area contributed by atoms with Gasteiger partial charge in [0.1, 0.15) is 6.33 Å². The summed E-state index contributed by atoms with van der Waals surface area (Å²) < 4.78 is 1.80. The van der Waals surface area contributed by atoms with Crippen molar-refractivity contribution in [3.05, 3.63) is 29.7 Å². The Kier molecular flexibility index (Phi) is 3.43. The van der Waals surface area contributed by atoms with Gasteiger partial charge in [0, 0.05) is 12.1 Å². The molecule has 1 atom stereocenters. The maximum Gasteiger partial charge on any atom is 0.155 e. The summed E-state index contributed by atoms with van der Waals surface area (Å²) in [6, 6.07) is 4.05. The highest BCUT2D eigenvalue weighted by molar-refractivity contribution is 5.41. The highest BCUT2D eigenvalue weighted by atomic mass is 16.3. The molecule has 4 nitrogen and oxygen atoms in total. The predicted octanol–water partition coefficient (Wildman–Crippen LogP) is 1.99. The van der Waals surface area contributed by atoms with E-state index in [9.17, 15) is 5.11 Å². The molecule has 2 aromatic rings. The van der Waals surface area contributed by atoms with Crippen LogP contribution in [0.1, 0.15) is 31.5 Å². The summed E-state index contributed by atoms with van der Waals surface area (Å²) in [5.74, 6) is 0.501. The summed E-state index contributed by atoms with van der Waals surface area (Å²) in [6.07, 6.45) is 2.67. The highest BCUT2D eigenvalue weighted by Crippen LogP contribution is 2.14. The van der Waals surface area contributed by atoms with E-state index in [2.05, 4.69) is 30.0 Å². The van der Waals surface area contributed by atoms with E-state index in [1.54, 1.807) is 10.8 Å². The van der Waals surface area contributed by atoms with Gasteiger partial charge in [-0.15, -0.1) is 0 Å². The highest BCUT2D eigenvalue weighted by Gasteiger charge is 2.11. The smallest absolute Gasteiger partial charge is 0.155 e. The van der Waals surface area contributed by atoms with Crippen molar-refractivity contribution in [1.29, 1.82) is 0 Å². The Morgan fingerprint density at radius 3 is 2.82 bits per heavy atom.